The second-order valence-corrected chi connectivity index (χ2v) is 8.58. The van der Waals surface area contributed by atoms with Crippen LogP contribution in [0.4, 0.5) is 5.95 Å². The maximum atomic E-state index is 13.2. The van der Waals surface area contributed by atoms with Crippen molar-refractivity contribution < 1.29 is 4.79 Å². The number of fused-ring (bicyclic) bond motifs is 4. The molecule has 5 rings (SSSR count). The molecule has 1 saturated heterocycles. The zero-order valence-corrected chi connectivity index (χ0v) is 16.6. The number of hydrogen-bond acceptors (Lipinski definition) is 6. The molecule has 1 amide bonds. The summed E-state index contributed by atoms with van der Waals surface area (Å²) < 4.78 is 1.71. The van der Waals surface area contributed by atoms with Gasteiger partial charge < -0.3 is 10.2 Å². The highest BCUT2D eigenvalue weighted by molar-refractivity contribution is 7.09. The molecular weight excluding hydrogens is 386 g/mol. The predicted molar refractivity (Wildman–Crippen MR) is 111 cm³/mol. The monoisotopic (exact) mass is 407 g/mol. The Morgan fingerprint density at radius 2 is 2.00 bits per heavy atom. The van der Waals surface area contributed by atoms with Crippen LogP contribution in [0.5, 0.6) is 0 Å². The Morgan fingerprint density at radius 3 is 2.79 bits per heavy atom. The van der Waals surface area contributed by atoms with Crippen LogP contribution in [0.1, 0.15) is 29.0 Å². The van der Waals surface area contributed by atoms with Gasteiger partial charge in [-0.15, -0.1) is 11.3 Å². The van der Waals surface area contributed by atoms with Gasteiger partial charge in [0.15, 0.2) is 0 Å². The molecule has 7 nitrogen and oxygen atoms in total. The largest absolute Gasteiger partial charge is 0.349 e. The molecule has 2 aliphatic rings. The van der Waals surface area contributed by atoms with Crippen molar-refractivity contribution >= 4 is 23.2 Å². The smallest absolute Gasteiger partial charge is 0.251 e. The van der Waals surface area contributed by atoms with Crippen LogP contribution in [0.25, 0.3) is 0 Å². The Hall–Kier alpha value is -3.00. The van der Waals surface area contributed by atoms with E-state index in [1.54, 1.807) is 46.5 Å². The third kappa shape index (κ3) is 3.33. The van der Waals surface area contributed by atoms with Crippen LogP contribution in [0.3, 0.4) is 0 Å². The van der Waals surface area contributed by atoms with Crippen molar-refractivity contribution in [3.8, 4) is 0 Å². The van der Waals surface area contributed by atoms with Crippen molar-refractivity contribution in [1.29, 1.82) is 0 Å². The van der Waals surface area contributed by atoms with Crippen molar-refractivity contribution in [2.24, 2.45) is 5.92 Å². The highest BCUT2D eigenvalue weighted by Crippen LogP contribution is 2.41. The normalized spacial score (nSPS) is 22.8. The first kappa shape index (κ1) is 18.1. The van der Waals surface area contributed by atoms with Gasteiger partial charge in [-0.3, -0.25) is 14.2 Å². The Labute approximate surface area is 172 Å². The zero-order chi connectivity index (χ0) is 19.8. The molecule has 0 unspecified atom stereocenters. The van der Waals surface area contributed by atoms with E-state index in [0.29, 0.717) is 19.0 Å². The molecule has 0 radical (unpaired) electrons. The number of aromatic nitrogens is 3. The van der Waals surface area contributed by atoms with Crippen molar-refractivity contribution in [3.05, 3.63) is 75.1 Å². The third-order valence-electron chi connectivity index (χ3n) is 5.77. The third-order valence-corrected chi connectivity index (χ3v) is 6.64. The van der Waals surface area contributed by atoms with E-state index in [0.717, 1.165) is 23.5 Å². The topological polar surface area (TPSA) is 80.1 Å². The van der Waals surface area contributed by atoms with Crippen molar-refractivity contribution in [3.63, 3.8) is 0 Å². The lowest BCUT2D eigenvalue weighted by molar-refractivity contribution is -0.127. The molecule has 3 atom stereocenters. The Kier molecular flexibility index (Phi) is 4.63. The molecule has 2 bridgehead atoms. The van der Waals surface area contributed by atoms with E-state index in [1.807, 2.05) is 23.6 Å². The van der Waals surface area contributed by atoms with Gasteiger partial charge in [0.25, 0.3) is 5.56 Å². The van der Waals surface area contributed by atoms with E-state index in [2.05, 4.69) is 20.2 Å². The van der Waals surface area contributed by atoms with Gasteiger partial charge in [0.2, 0.25) is 11.9 Å². The first-order chi connectivity index (χ1) is 14.2. The standard InChI is InChI=1S/C21H21N5O2S/c27-18-6-1-5-17-14-10-15(13-25(12-14)21-22-7-3-8-23-21)19(26(17)18)20(28)24-11-16-4-2-9-29-16/h1-9,14-15,19H,10-13H2,(H,24,28)/t14-,15+,19-/m1/s1. The lowest BCUT2D eigenvalue weighted by Crippen LogP contribution is -2.53. The van der Waals surface area contributed by atoms with Crippen LogP contribution in [0, 0.1) is 5.92 Å². The highest BCUT2D eigenvalue weighted by atomic mass is 32.1. The maximum absolute atomic E-state index is 13.2. The Morgan fingerprint density at radius 1 is 1.14 bits per heavy atom. The van der Waals surface area contributed by atoms with Gasteiger partial charge in [-0.25, -0.2) is 9.97 Å². The molecule has 5 heterocycles. The highest BCUT2D eigenvalue weighted by Gasteiger charge is 2.44. The summed E-state index contributed by atoms with van der Waals surface area (Å²) in [7, 11) is 0. The molecule has 2 aliphatic heterocycles. The second-order valence-electron chi connectivity index (χ2n) is 7.55. The number of hydrogen-bond donors (Lipinski definition) is 1. The lowest BCUT2D eigenvalue weighted by Gasteiger charge is -2.46. The molecule has 1 fully saturated rings. The lowest BCUT2D eigenvalue weighted by atomic mass is 9.78. The molecular formula is C21H21N5O2S. The molecule has 1 N–H and O–H groups in total. The number of piperidine rings is 1. The molecule has 0 aliphatic carbocycles. The van der Waals surface area contributed by atoms with Gasteiger partial charge in [-0.2, -0.15) is 0 Å². The number of amides is 1. The van der Waals surface area contributed by atoms with Gasteiger partial charge in [0.1, 0.15) is 6.04 Å². The molecule has 3 aromatic rings. The summed E-state index contributed by atoms with van der Waals surface area (Å²) in [5.74, 6) is 0.764. The summed E-state index contributed by atoms with van der Waals surface area (Å²) in [6.07, 6.45) is 4.34. The first-order valence-corrected chi connectivity index (χ1v) is 10.6. The van der Waals surface area contributed by atoms with E-state index in [1.165, 1.54) is 0 Å². The average molecular weight is 407 g/mol. The van der Waals surface area contributed by atoms with E-state index in [4.69, 9.17) is 0 Å². The number of carbonyl (C=O) groups is 1. The number of thiophene rings is 1. The summed E-state index contributed by atoms with van der Waals surface area (Å²) in [5, 5.41) is 5.03. The second kappa shape index (κ2) is 7.44. The SMILES string of the molecule is O=C(NCc1cccs1)[C@H]1[C@H]2C[C@H](CN(c3ncccn3)C2)c2cccc(=O)n21. The number of anilines is 1. The Bertz CT molecular complexity index is 1070. The van der Waals surface area contributed by atoms with Gasteiger partial charge in [-0.05, 0) is 30.0 Å². The number of nitrogens with zero attached hydrogens (tertiary/aromatic N) is 4. The van der Waals surface area contributed by atoms with E-state index < -0.39 is 6.04 Å². The van der Waals surface area contributed by atoms with E-state index >= 15 is 0 Å². The summed E-state index contributed by atoms with van der Waals surface area (Å²) in [4.78, 5) is 38.0. The summed E-state index contributed by atoms with van der Waals surface area (Å²) in [6, 6.07) is 10.5. The van der Waals surface area contributed by atoms with Crippen LogP contribution >= 0.6 is 11.3 Å². The quantitative estimate of drug-likeness (QED) is 0.717. The number of nitrogens with one attached hydrogen (secondary N) is 1. The molecule has 29 heavy (non-hydrogen) atoms. The first-order valence-electron chi connectivity index (χ1n) is 9.74. The van der Waals surface area contributed by atoms with Crippen LogP contribution < -0.4 is 15.8 Å². The summed E-state index contributed by atoms with van der Waals surface area (Å²) in [5.41, 5.74) is 0.809. The molecule has 0 spiro atoms. The van der Waals surface area contributed by atoms with Crippen LogP contribution in [-0.2, 0) is 11.3 Å². The zero-order valence-electron chi connectivity index (χ0n) is 15.8. The number of rotatable bonds is 4. The number of carbonyl (C=O) groups excluding carboxylic acids is 1. The molecule has 8 heteroatoms. The Balaban J connectivity index is 1.49. The minimum absolute atomic E-state index is 0.0218. The molecule has 3 aromatic heterocycles. The van der Waals surface area contributed by atoms with E-state index in [9.17, 15) is 9.59 Å². The van der Waals surface area contributed by atoms with Crippen molar-refractivity contribution in [2.75, 3.05) is 18.0 Å². The fourth-order valence-electron chi connectivity index (χ4n) is 4.58. The van der Waals surface area contributed by atoms with Crippen LogP contribution in [0.2, 0.25) is 0 Å². The van der Waals surface area contributed by atoms with Crippen molar-refractivity contribution in [1.82, 2.24) is 19.9 Å². The molecule has 148 valence electrons. The maximum Gasteiger partial charge on any atom is 0.251 e. The van der Waals surface area contributed by atoms with Crippen molar-refractivity contribution in [2.45, 2.75) is 24.9 Å². The number of pyridine rings is 1. The predicted octanol–water partition coefficient (Wildman–Crippen LogP) is 2.18. The van der Waals surface area contributed by atoms with Gasteiger partial charge in [0.05, 0.1) is 6.54 Å². The minimum atomic E-state index is -0.526. The van der Waals surface area contributed by atoms with Gasteiger partial charge >= 0.3 is 0 Å². The summed E-state index contributed by atoms with van der Waals surface area (Å²) in [6.45, 7) is 1.87. The van der Waals surface area contributed by atoms with Gasteiger partial charge in [0, 0.05) is 54.0 Å². The fraction of sp³-hybridized carbons (Fsp3) is 0.333. The van der Waals surface area contributed by atoms with Crippen LogP contribution in [0.15, 0.2) is 59.0 Å². The van der Waals surface area contributed by atoms with Gasteiger partial charge in [-0.1, -0.05) is 12.1 Å². The fourth-order valence-corrected chi connectivity index (χ4v) is 5.23. The summed E-state index contributed by atoms with van der Waals surface area (Å²) >= 11 is 1.61. The molecule has 0 aromatic carbocycles. The average Bonchev–Trinajstić information content (AvgIpc) is 3.27. The minimum Gasteiger partial charge on any atom is -0.349 e. The van der Waals surface area contributed by atoms with Crippen LogP contribution in [-0.4, -0.2) is 33.5 Å². The molecule has 0 saturated carbocycles. The van der Waals surface area contributed by atoms with E-state index in [-0.39, 0.29) is 23.3 Å².